The Balaban J connectivity index is 1.89. The first-order valence-corrected chi connectivity index (χ1v) is 12.6. The molecule has 3 aromatic carbocycles. The molecule has 11 nitrogen and oxygen atoms in total. The predicted octanol–water partition coefficient (Wildman–Crippen LogP) is 3.35. The van der Waals surface area contributed by atoms with Crippen molar-refractivity contribution < 1.29 is 30.7 Å². The molecule has 0 unspecified atom stereocenters. The van der Waals surface area contributed by atoms with Crippen molar-refractivity contribution in [1.82, 2.24) is 0 Å². The largest absolute Gasteiger partial charge is 0.497 e. The highest BCUT2D eigenvalue weighted by Gasteiger charge is 2.28. The van der Waals surface area contributed by atoms with Gasteiger partial charge in [0.25, 0.3) is 15.7 Å². The molecule has 2 N–H and O–H groups in total. The number of ether oxygens (including phenoxy) is 1. The standard InChI is InChI=1S/C21H21N3O8S2/c1-22-16-5-10-19(11-6-16)33(27,28)23-17-7-12-20(24(25)26)21(13-17)34(29,30)32-14-15-3-8-18(31-2)9-4-15/h3-13,22-23H,14H2,1-2H3. The molecule has 0 radical (unpaired) electrons. The molecule has 0 saturated carbocycles. The lowest BCUT2D eigenvalue weighted by atomic mass is 10.2. The van der Waals surface area contributed by atoms with Crippen molar-refractivity contribution >= 4 is 37.2 Å². The summed E-state index contributed by atoms with van der Waals surface area (Å²) >= 11 is 0. The molecule has 0 amide bonds. The van der Waals surface area contributed by atoms with E-state index in [0.29, 0.717) is 17.0 Å². The maximum atomic E-state index is 12.8. The molecular weight excluding hydrogens is 486 g/mol. The average molecular weight is 508 g/mol. The van der Waals surface area contributed by atoms with Gasteiger partial charge in [-0.1, -0.05) is 12.1 Å². The van der Waals surface area contributed by atoms with Crippen molar-refractivity contribution in [3.8, 4) is 5.75 Å². The molecule has 0 bridgehead atoms. The minimum atomic E-state index is -4.62. The van der Waals surface area contributed by atoms with E-state index in [1.165, 1.54) is 19.2 Å². The number of benzene rings is 3. The summed E-state index contributed by atoms with van der Waals surface area (Å²) in [6.07, 6.45) is 0. The van der Waals surface area contributed by atoms with Gasteiger partial charge in [-0.25, -0.2) is 8.42 Å². The zero-order valence-electron chi connectivity index (χ0n) is 18.1. The van der Waals surface area contributed by atoms with Crippen molar-refractivity contribution in [1.29, 1.82) is 0 Å². The third kappa shape index (κ3) is 5.81. The summed E-state index contributed by atoms with van der Waals surface area (Å²) in [7, 11) is -5.55. The number of hydrogen-bond donors (Lipinski definition) is 2. The summed E-state index contributed by atoms with van der Waals surface area (Å²) in [6.45, 7) is -0.392. The minimum absolute atomic E-state index is 0.0787. The maximum Gasteiger partial charge on any atom is 0.304 e. The topological polar surface area (TPSA) is 154 Å². The molecule has 0 atom stereocenters. The lowest BCUT2D eigenvalue weighted by molar-refractivity contribution is -0.387. The van der Waals surface area contributed by atoms with Crippen LogP contribution in [0, 0.1) is 10.1 Å². The Morgan fingerprint density at radius 3 is 2.09 bits per heavy atom. The van der Waals surface area contributed by atoms with E-state index in [-0.39, 0.29) is 10.6 Å². The number of nitrogens with one attached hydrogen (secondary N) is 2. The van der Waals surface area contributed by atoms with Gasteiger partial charge in [-0.05, 0) is 54.1 Å². The molecular formula is C21H21N3O8S2. The molecule has 0 heterocycles. The van der Waals surface area contributed by atoms with E-state index in [2.05, 4.69) is 10.0 Å². The van der Waals surface area contributed by atoms with Crippen LogP contribution in [0.25, 0.3) is 0 Å². The van der Waals surface area contributed by atoms with Crippen LogP contribution in [0.4, 0.5) is 17.1 Å². The number of nitro benzene ring substituents is 1. The quantitative estimate of drug-likeness (QED) is 0.239. The fourth-order valence-corrected chi connectivity index (χ4v) is 5.01. The Morgan fingerprint density at radius 1 is 0.912 bits per heavy atom. The van der Waals surface area contributed by atoms with E-state index in [1.807, 2.05) is 0 Å². The van der Waals surface area contributed by atoms with Gasteiger partial charge < -0.3 is 10.1 Å². The van der Waals surface area contributed by atoms with E-state index < -0.39 is 42.3 Å². The molecule has 34 heavy (non-hydrogen) atoms. The van der Waals surface area contributed by atoms with Gasteiger partial charge >= 0.3 is 10.1 Å². The summed E-state index contributed by atoms with van der Waals surface area (Å²) in [4.78, 5) is 9.67. The van der Waals surface area contributed by atoms with Gasteiger partial charge in [0, 0.05) is 18.8 Å². The van der Waals surface area contributed by atoms with Crippen molar-refractivity contribution in [2.45, 2.75) is 16.4 Å². The maximum absolute atomic E-state index is 12.8. The second kappa shape index (κ2) is 10.1. The van der Waals surface area contributed by atoms with Gasteiger partial charge in [-0.2, -0.15) is 8.42 Å². The Hall–Kier alpha value is -3.68. The summed E-state index contributed by atoms with van der Waals surface area (Å²) < 4.78 is 63.2. The van der Waals surface area contributed by atoms with E-state index >= 15 is 0 Å². The molecule has 3 aromatic rings. The molecule has 0 aliphatic heterocycles. The van der Waals surface area contributed by atoms with Gasteiger partial charge in [0.1, 0.15) is 5.75 Å². The number of anilines is 2. The van der Waals surface area contributed by atoms with E-state index in [1.54, 1.807) is 43.4 Å². The third-order valence-electron chi connectivity index (χ3n) is 4.67. The lowest BCUT2D eigenvalue weighted by Gasteiger charge is -2.11. The van der Waals surface area contributed by atoms with Gasteiger partial charge in [0.15, 0.2) is 4.90 Å². The predicted molar refractivity (Wildman–Crippen MR) is 125 cm³/mol. The second-order valence-electron chi connectivity index (χ2n) is 6.88. The average Bonchev–Trinajstić information content (AvgIpc) is 2.82. The van der Waals surface area contributed by atoms with Crippen LogP contribution < -0.4 is 14.8 Å². The minimum Gasteiger partial charge on any atom is -0.497 e. The van der Waals surface area contributed by atoms with Gasteiger partial charge in [-0.3, -0.25) is 19.0 Å². The Morgan fingerprint density at radius 2 is 1.53 bits per heavy atom. The number of sulfonamides is 1. The Kier molecular flexibility index (Phi) is 7.39. The summed E-state index contributed by atoms with van der Waals surface area (Å²) in [6, 6.07) is 15.0. The van der Waals surface area contributed by atoms with Crippen LogP contribution >= 0.6 is 0 Å². The molecule has 0 fully saturated rings. The van der Waals surface area contributed by atoms with Crippen molar-refractivity contribution in [2.24, 2.45) is 0 Å². The van der Waals surface area contributed by atoms with Gasteiger partial charge in [0.2, 0.25) is 0 Å². The van der Waals surface area contributed by atoms with Crippen LogP contribution in [0.5, 0.6) is 5.75 Å². The molecule has 0 aromatic heterocycles. The van der Waals surface area contributed by atoms with Crippen LogP contribution in [-0.4, -0.2) is 35.9 Å². The fraction of sp³-hybridized carbons (Fsp3) is 0.143. The molecule has 0 saturated heterocycles. The zero-order valence-corrected chi connectivity index (χ0v) is 19.7. The highest BCUT2D eigenvalue weighted by molar-refractivity contribution is 7.92. The first-order chi connectivity index (χ1) is 16.1. The van der Waals surface area contributed by atoms with Gasteiger partial charge in [0.05, 0.1) is 29.2 Å². The summed E-state index contributed by atoms with van der Waals surface area (Å²) in [5, 5.41) is 14.3. The van der Waals surface area contributed by atoms with Crippen LogP contribution in [0.1, 0.15) is 5.56 Å². The number of methoxy groups -OCH3 is 1. The number of nitrogens with zero attached hydrogens (tertiary/aromatic N) is 1. The highest BCUT2D eigenvalue weighted by Crippen LogP contribution is 2.30. The second-order valence-corrected chi connectivity index (χ2v) is 10.2. The Bertz CT molecular complexity index is 1390. The van der Waals surface area contributed by atoms with Crippen molar-refractivity contribution in [3.63, 3.8) is 0 Å². The zero-order chi connectivity index (χ0) is 24.9. The highest BCUT2D eigenvalue weighted by atomic mass is 32.2. The van der Waals surface area contributed by atoms with E-state index in [0.717, 1.165) is 18.2 Å². The van der Waals surface area contributed by atoms with Crippen LogP contribution in [-0.2, 0) is 30.9 Å². The molecule has 0 spiro atoms. The summed E-state index contributed by atoms with van der Waals surface area (Å²) in [5.41, 5.74) is 0.233. The molecule has 13 heteroatoms. The number of nitro groups is 1. The van der Waals surface area contributed by atoms with Gasteiger partial charge in [-0.15, -0.1) is 0 Å². The Labute approximate surface area is 196 Å². The molecule has 0 aliphatic rings. The first-order valence-electron chi connectivity index (χ1n) is 9.67. The molecule has 3 rings (SSSR count). The fourth-order valence-electron chi connectivity index (χ4n) is 2.87. The first kappa shape index (κ1) is 25.0. The lowest BCUT2D eigenvalue weighted by Crippen LogP contribution is -2.14. The van der Waals surface area contributed by atoms with Crippen molar-refractivity contribution in [2.75, 3.05) is 24.2 Å². The third-order valence-corrected chi connectivity index (χ3v) is 7.36. The van der Waals surface area contributed by atoms with Crippen molar-refractivity contribution in [3.05, 3.63) is 82.4 Å². The number of hydrogen-bond acceptors (Lipinski definition) is 9. The monoisotopic (exact) mass is 507 g/mol. The molecule has 180 valence electrons. The van der Waals surface area contributed by atoms with E-state index in [4.69, 9.17) is 8.92 Å². The summed E-state index contributed by atoms with van der Waals surface area (Å²) in [5.74, 6) is 0.558. The van der Waals surface area contributed by atoms with E-state index in [9.17, 15) is 26.9 Å². The normalized spacial score (nSPS) is 11.6. The van der Waals surface area contributed by atoms with Crippen LogP contribution in [0.2, 0.25) is 0 Å². The molecule has 0 aliphatic carbocycles. The SMILES string of the molecule is CNc1ccc(S(=O)(=O)Nc2ccc([N+](=O)[O-])c(S(=O)(=O)OCc3ccc(OC)cc3)c2)cc1. The number of rotatable bonds is 10. The van der Waals surface area contributed by atoms with Crippen LogP contribution in [0.15, 0.2) is 76.5 Å². The smallest absolute Gasteiger partial charge is 0.304 e. The van der Waals surface area contributed by atoms with Crippen LogP contribution in [0.3, 0.4) is 0 Å².